The van der Waals surface area contributed by atoms with Crippen LogP contribution in [0.25, 0.3) is 22.2 Å². The first-order chi connectivity index (χ1) is 14.3. The summed E-state index contributed by atoms with van der Waals surface area (Å²) in [6, 6.07) is 10.7. The molecule has 0 fully saturated rings. The van der Waals surface area contributed by atoms with Crippen molar-refractivity contribution in [2.75, 3.05) is 16.6 Å². The van der Waals surface area contributed by atoms with Crippen LogP contribution in [0.4, 0.5) is 5.69 Å². The molecule has 0 N–H and O–H groups in total. The Kier molecular flexibility index (Phi) is 4.41. The Bertz CT molecular complexity index is 1370. The summed E-state index contributed by atoms with van der Waals surface area (Å²) in [5.41, 5.74) is 4.32. The van der Waals surface area contributed by atoms with Crippen molar-refractivity contribution in [3.8, 4) is 11.1 Å². The maximum atomic E-state index is 13.6. The quantitative estimate of drug-likeness (QED) is 0.455. The van der Waals surface area contributed by atoms with Crippen molar-refractivity contribution in [3.05, 3.63) is 53.7 Å². The average Bonchev–Trinajstić information content (AvgIpc) is 3.26. The minimum absolute atomic E-state index is 0.198. The van der Waals surface area contributed by atoms with E-state index in [9.17, 15) is 8.42 Å². The van der Waals surface area contributed by atoms with E-state index in [0.717, 1.165) is 21.7 Å². The van der Waals surface area contributed by atoms with Crippen LogP contribution in [-0.4, -0.2) is 30.9 Å². The fraction of sp³-hybridized carbons (Fsp3) is 0.238. The van der Waals surface area contributed by atoms with E-state index < -0.39 is 10.0 Å². The van der Waals surface area contributed by atoms with E-state index in [2.05, 4.69) is 10.1 Å². The zero-order valence-electron chi connectivity index (χ0n) is 16.7. The SMILES string of the molecule is Cc1nc2cc(S(=O)(=O)N3CCSc4ccc(-c5c(C)noc5C)cc43)ccc2o1. The van der Waals surface area contributed by atoms with E-state index in [4.69, 9.17) is 8.94 Å². The molecule has 1 aliphatic rings. The molecule has 7 nitrogen and oxygen atoms in total. The minimum atomic E-state index is -3.76. The average molecular weight is 442 g/mol. The van der Waals surface area contributed by atoms with E-state index in [1.165, 1.54) is 4.31 Å². The molecular weight excluding hydrogens is 422 g/mol. The number of aromatic nitrogens is 2. The molecule has 0 unspecified atom stereocenters. The number of hydrogen-bond acceptors (Lipinski definition) is 7. The van der Waals surface area contributed by atoms with Crippen LogP contribution < -0.4 is 4.31 Å². The molecular formula is C21H19N3O4S2. The number of hydrogen-bond donors (Lipinski definition) is 0. The topological polar surface area (TPSA) is 89.4 Å². The van der Waals surface area contributed by atoms with E-state index in [1.54, 1.807) is 36.9 Å². The highest BCUT2D eigenvalue weighted by Gasteiger charge is 2.30. The zero-order chi connectivity index (χ0) is 21.0. The molecule has 0 bridgehead atoms. The van der Waals surface area contributed by atoms with Gasteiger partial charge in [-0.1, -0.05) is 11.2 Å². The number of oxazole rings is 1. The molecule has 0 saturated carbocycles. The van der Waals surface area contributed by atoms with Crippen LogP contribution >= 0.6 is 11.8 Å². The Balaban J connectivity index is 1.63. The lowest BCUT2D eigenvalue weighted by Crippen LogP contribution is -2.35. The molecule has 1 aliphatic heterocycles. The van der Waals surface area contributed by atoms with Gasteiger partial charge in [0.2, 0.25) is 0 Å². The Labute approximate surface area is 178 Å². The van der Waals surface area contributed by atoms with Gasteiger partial charge in [-0.05, 0) is 49.7 Å². The van der Waals surface area contributed by atoms with Crippen LogP contribution in [0.2, 0.25) is 0 Å². The van der Waals surface area contributed by atoms with E-state index in [1.807, 2.05) is 32.0 Å². The highest BCUT2D eigenvalue weighted by molar-refractivity contribution is 8.00. The predicted octanol–water partition coefficient (Wildman–Crippen LogP) is 4.71. The van der Waals surface area contributed by atoms with Crippen molar-refractivity contribution >= 4 is 38.6 Å². The molecule has 3 heterocycles. The second kappa shape index (κ2) is 6.88. The monoisotopic (exact) mass is 441 g/mol. The van der Waals surface area contributed by atoms with Crippen LogP contribution in [0.3, 0.4) is 0 Å². The van der Waals surface area contributed by atoms with E-state index in [0.29, 0.717) is 40.7 Å². The number of thioether (sulfide) groups is 1. The fourth-order valence-electron chi connectivity index (χ4n) is 3.80. The summed E-state index contributed by atoms with van der Waals surface area (Å²) in [5.74, 6) is 1.89. The van der Waals surface area contributed by atoms with Gasteiger partial charge < -0.3 is 8.94 Å². The molecule has 0 amide bonds. The molecule has 0 aliphatic carbocycles. The molecule has 0 spiro atoms. The Morgan fingerprint density at radius 2 is 1.93 bits per heavy atom. The summed E-state index contributed by atoms with van der Waals surface area (Å²) in [6.45, 7) is 5.86. The van der Waals surface area contributed by atoms with Gasteiger partial charge in [0.15, 0.2) is 11.5 Å². The second-order valence-electron chi connectivity index (χ2n) is 7.17. The lowest BCUT2D eigenvalue weighted by Gasteiger charge is -2.30. The maximum Gasteiger partial charge on any atom is 0.264 e. The van der Waals surface area contributed by atoms with Crippen LogP contribution in [0.1, 0.15) is 17.3 Å². The summed E-state index contributed by atoms with van der Waals surface area (Å²) in [7, 11) is -3.76. The van der Waals surface area contributed by atoms with Crippen molar-refractivity contribution in [2.24, 2.45) is 0 Å². The van der Waals surface area contributed by atoms with E-state index in [-0.39, 0.29) is 4.90 Å². The summed E-state index contributed by atoms with van der Waals surface area (Å²) in [5, 5.41) is 4.02. The molecule has 30 heavy (non-hydrogen) atoms. The lowest BCUT2D eigenvalue weighted by atomic mass is 10.0. The zero-order valence-corrected chi connectivity index (χ0v) is 18.3. The van der Waals surface area contributed by atoms with Gasteiger partial charge in [-0.2, -0.15) is 0 Å². The molecule has 9 heteroatoms. The Hall–Kier alpha value is -2.78. The van der Waals surface area contributed by atoms with Gasteiger partial charge in [-0.3, -0.25) is 4.31 Å². The largest absolute Gasteiger partial charge is 0.441 e. The van der Waals surface area contributed by atoms with Crippen LogP contribution in [0.15, 0.2) is 55.1 Å². The number of benzene rings is 2. The van der Waals surface area contributed by atoms with Crippen LogP contribution in [-0.2, 0) is 10.0 Å². The first kappa shape index (κ1) is 19.2. The van der Waals surface area contributed by atoms with Crippen LogP contribution in [0.5, 0.6) is 0 Å². The Morgan fingerprint density at radius 1 is 1.10 bits per heavy atom. The number of sulfonamides is 1. The van der Waals surface area contributed by atoms with Gasteiger partial charge in [0.05, 0.1) is 16.3 Å². The predicted molar refractivity (Wildman–Crippen MR) is 115 cm³/mol. The van der Waals surface area contributed by atoms with Crippen LogP contribution in [0, 0.1) is 20.8 Å². The lowest BCUT2D eigenvalue weighted by molar-refractivity contribution is 0.393. The second-order valence-corrected chi connectivity index (χ2v) is 10.2. The van der Waals surface area contributed by atoms with Gasteiger partial charge in [0, 0.05) is 29.7 Å². The van der Waals surface area contributed by atoms with Crippen molar-refractivity contribution in [1.29, 1.82) is 0 Å². The van der Waals surface area contributed by atoms with Gasteiger partial charge in [-0.15, -0.1) is 11.8 Å². The first-order valence-corrected chi connectivity index (χ1v) is 11.9. The minimum Gasteiger partial charge on any atom is -0.441 e. The molecule has 2 aromatic carbocycles. The number of aryl methyl sites for hydroxylation is 3. The van der Waals surface area contributed by atoms with Gasteiger partial charge in [0.25, 0.3) is 10.0 Å². The highest BCUT2D eigenvalue weighted by Crippen LogP contribution is 2.41. The third-order valence-electron chi connectivity index (χ3n) is 5.16. The highest BCUT2D eigenvalue weighted by atomic mass is 32.2. The molecule has 5 rings (SSSR count). The molecule has 0 radical (unpaired) electrons. The smallest absolute Gasteiger partial charge is 0.264 e. The fourth-order valence-corrected chi connectivity index (χ4v) is 6.45. The van der Waals surface area contributed by atoms with Gasteiger partial charge in [-0.25, -0.2) is 13.4 Å². The summed E-state index contributed by atoms with van der Waals surface area (Å²) < 4.78 is 39.4. The van der Waals surface area contributed by atoms with E-state index >= 15 is 0 Å². The number of rotatable bonds is 3. The number of anilines is 1. The molecule has 0 saturated heterocycles. The normalized spacial score (nSPS) is 14.3. The first-order valence-electron chi connectivity index (χ1n) is 9.44. The summed E-state index contributed by atoms with van der Waals surface area (Å²) in [4.78, 5) is 5.40. The van der Waals surface area contributed by atoms with Crippen molar-refractivity contribution in [1.82, 2.24) is 10.1 Å². The standard InChI is InChI=1S/C21H19N3O4S2/c1-12-21(13(2)28-23-12)15-4-7-20-18(10-15)24(8-9-29-20)30(25,26)16-5-6-19-17(11-16)22-14(3)27-19/h4-7,10-11H,8-9H2,1-3H3. The van der Waals surface area contributed by atoms with Gasteiger partial charge in [0.1, 0.15) is 11.3 Å². The van der Waals surface area contributed by atoms with Crippen molar-refractivity contribution < 1.29 is 17.4 Å². The molecule has 154 valence electrons. The summed E-state index contributed by atoms with van der Waals surface area (Å²) in [6.07, 6.45) is 0. The molecule has 0 atom stereocenters. The molecule has 4 aromatic rings. The third-order valence-corrected chi connectivity index (χ3v) is 8.01. The van der Waals surface area contributed by atoms with Gasteiger partial charge >= 0.3 is 0 Å². The summed E-state index contributed by atoms with van der Waals surface area (Å²) >= 11 is 1.65. The van der Waals surface area contributed by atoms with Crippen molar-refractivity contribution in [2.45, 2.75) is 30.6 Å². The third kappa shape index (κ3) is 3.00. The molecule has 2 aromatic heterocycles. The van der Waals surface area contributed by atoms with Crippen molar-refractivity contribution in [3.63, 3.8) is 0 Å². The maximum absolute atomic E-state index is 13.6. The number of nitrogens with zero attached hydrogens (tertiary/aromatic N) is 3. The Morgan fingerprint density at radius 3 is 2.70 bits per heavy atom. The number of fused-ring (bicyclic) bond motifs is 2.